The van der Waals surface area contributed by atoms with Gasteiger partial charge in [-0.25, -0.2) is 0 Å². The van der Waals surface area contributed by atoms with Gasteiger partial charge < -0.3 is 15.0 Å². The molecule has 4 aromatic carbocycles. The van der Waals surface area contributed by atoms with Crippen molar-refractivity contribution in [3.8, 4) is 5.75 Å². The number of hydrogen-bond donors (Lipinski definition) is 1. The summed E-state index contributed by atoms with van der Waals surface area (Å²) in [7, 11) is 1.62. The quantitative estimate of drug-likeness (QED) is 0.231. The van der Waals surface area contributed by atoms with Crippen LogP contribution >= 0.6 is 11.6 Å². The number of nitrogens with zero attached hydrogens (tertiary/aromatic N) is 1. The van der Waals surface area contributed by atoms with Crippen LogP contribution in [0.15, 0.2) is 109 Å². The molecule has 0 fully saturated rings. The Hall–Kier alpha value is -4.09. The summed E-state index contributed by atoms with van der Waals surface area (Å²) < 4.78 is 5.30. The third-order valence-electron chi connectivity index (χ3n) is 6.66. The van der Waals surface area contributed by atoms with Crippen LogP contribution in [0, 0.1) is 0 Å². The van der Waals surface area contributed by atoms with Crippen molar-refractivity contribution < 1.29 is 14.3 Å². The molecule has 0 aromatic heterocycles. The minimum absolute atomic E-state index is 0.0801. The highest BCUT2D eigenvalue weighted by molar-refractivity contribution is 6.31. The summed E-state index contributed by atoms with van der Waals surface area (Å²) >= 11 is 6.34. The number of ether oxygens (including phenoxy) is 1. The molecule has 0 radical (unpaired) electrons. The zero-order valence-electron chi connectivity index (χ0n) is 22.1. The van der Waals surface area contributed by atoms with E-state index in [0.29, 0.717) is 30.8 Å². The van der Waals surface area contributed by atoms with Crippen LogP contribution in [0.25, 0.3) is 0 Å². The number of methoxy groups -OCH3 is 1. The van der Waals surface area contributed by atoms with E-state index in [1.807, 2.05) is 103 Å². The minimum atomic E-state index is -0.708. The molecule has 1 atom stereocenters. The molecular formula is C33H33ClN2O3. The van der Waals surface area contributed by atoms with Gasteiger partial charge in [-0.15, -0.1) is 0 Å². The van der Waals surface area contributed by atoms with E-state index >= 15 is 0 Å². The number of nitrogens with one attached hydrogen (secondary N) is 1. The van der Waals surface area contributed by atoms with Gasteiger partial charge in [-0.2, -0.15) is 0 Å². The van der Waals surface area contributed by atoms with Gasteiger partial charge in [-0.05, 0) is 46.9 Å². The molecule has 0 heterocycles. The molecule has 4 aromatic rings. The lowest BCUT2D eigenvalue weighted by molar-refractivity contribution is -0.141. The number of amides is 2. The van der Waals surface area contributed by atoms with Crippen LogP contribution in [-0.2, 0) is 35.5 Å². The second-order valence-electron chi connectivity index (χ2n) is 9.37. The van der Waals surface area contributed by atoms with Crippen molar-refractivity contribution in [3.63, 3.8) is 0 Å². The van der Waals surface area contributed by atoms with Crippen molar-refractivity contribution in [1.82, 2.24) is 10.2 Å². The van der Waals surface area contributed by atoms with Gasteiger partial charge in [0.15, 0.2) is 0 Å². The molecule has 5 nitrogen and oxygen atoms in total. The maximum atomic E-state index is 13.8. The highest BCUT2D eigenvalue weighted by atomic mass is 35.5. The fraction of sp³-hybridized carbons (Fsp3) is 0.212. The van der Waals surface area contributed by atoms with Crippen molar-refractivity contribution in [2.24, 2.45) is 0 Å². The zero-order chi connectivity index (χ0) is 27.5. The number of hydrogen-bond acceptors (Lipinski definition) is 3. The van der Waals surface area contributed by atoms with Gasteiger partial charge in [0, 0.05) is 31.0 Å². The second kappa shape index (κ2) is 14.2. The summed E-state index contributed by atoms with van der Waals surface area (Å²) in [5, 5.41) is 3.63. The summed E-state index contributed by atoms with van der Waals surface area (Å²) in [5.41, 5.74) is 3.80. The van der Waals surface area contributed by atoms with Gasteiger partial charge >= 0.3 is 0 Å². The second-order valence-corrected chi connectivity index (χ2v) is 9.78. The molecule has 0 aliphatic carbocycles. The van der Waals surface area contributed by atoms with Crippen LogP contribution in [0.2, 0.25) is 5.02 Å². The number of halogens is 1. The number of rotatable bonds is 12. The normalized spacial score (nSPS) is 11.4. The van der Waals surface area contributed by atoms with Gasteiger partial charge in [-0.1, -0.05) is 103 Å². The molecule has 4 rings (SSSR count). The Labute approximate surface area is 235 Å². The first-order chi connectivity index (χ1) is 19.0. The van der Waals surface area contributed by atoms with Gasteiger partial charge in [0.05, 0.1) is 7.11 Å². The van der Waals surface area contributed by atoms with E-state index in [0.717, 1.165) is 28.0 Å². The van der Waals surface area contributed by atoms with Crippen molar-refractivity contribution in [2.45, 2.75) is 38.4 Å². The van der Waals surface area contributed by atoms with Crippen LogP contribution in [0.1, 0.15) is 28.7 Å². The summed E-state index contributed by atoms with van der Waals surface area (Å²) in [6.45, 7) is 0.576. The molecule has 0 saturated heterocycles. The summed E-state index contributed by atoms with van der Waals surface area (Å²) in [6.07, 6.45) is 1.28. The highest BCUT2D eigenvalue weighted by Crippen LogP contribution is 2.20. The monoisotopic (exact) mass is 540 g/mol. The lowest BCUT2D eigenvalue weighted by Gasteiger charge is -2.32. The molecule has 0 aliphatic rings. The van der Waals surface area contributed by atoms with E-state index in [-0.39, 0.29) is 18.4 Å². The third-order valence-corrected chi connectivity index (χ3v) is 7.03. The average Bonchev–Trinajstić information content (AvgIpc) is 2.98. The van der Waals surface area contributed by atoms with E-state index in [1.54, 1.807) is 18.1 Å². The average molecular weight is 541 g/mol. The lowest BCUT2D eigenvalue weighted by Crippen LogP contribution is -2.50. The Morgan fingerprint density at radius 2 is 1.41 bits per heavy atom. The van der Waals surface area contributed by atoms with Crippen LogP contribution in [0.5, 0.6) is 5.75 Å². The van der Waals surface area contributed by atoms with Crippen LogP contribution in [0.4, 0.5) is 0 Å². The topological polar surface area (TPSA) is 58.6 Å². The van der Waals surface area contributed by atoms with Gasteiger partial charge in [-0.3, -0.25) is 9.59 Å². The van der Waals surface area contributed by atoms with E-state index < -0.39 is 6.04 Å². The first-order valence-electron chi connectivity index (χ1n) is 13.0. The van der Waals surface area contributed by atoms with E-state index in [1.165, 1.54) is 0 Å². The summed E-state index contributed by atoms with van der Waals surface area (Å²) in [5.74, 6) is 0.433. The van der Waals surface area contributed by atoms with Crippen LogP contribution in [0.3, 0.4) is 0 Å². The predicted molar refractivity (Wildman–Crippen MR) is 156 cm³/mol. The Bertz CT molecular complexity index is 1340. The molecule has 6 heteroatoms. The molecule has 2 amide bonds. The number of carbonyl (C=O) groups is 2. The van der Waals surface area contributed by atoms with Crippen molar-refractivity contribution in [1.29, 1.82) is 0 Å². The van der Waals surface area contributed by atoms with Crippen molar-refractivity contribution in [2.75, 3.05) is 7.11 Å². The maximum absolute atomic E-state index is 13.8. The molecule has 39 heavy (non-hydrogen) atoms. The van der Waals surface area contributed by atoms with Gasteiger partial charge in [0.2, 0.25) is 11.8 Å². The fourth-order valence-corrected chi connectivity index (χ4v) is 4.67. The molecule has 0 spiro atoms. The minimum Gasteiger partial charge on any atom is -0.497 e. The largest absolute Gasteiger partial charge is 0.497 e. The zero-order valence-corrected chi connectivity index (χ0v) is 22.8. The van der Waals surface area contributed by atoms with E-state index in [2.05, 4.69) is 5.32 Å². The highest BCUT2D eigenvalue weighted by Gasteiger charge is 2.30. The Balaban J connectivity index is 1.61. The molecule has 0 saturated carbocycles. The van der Waals surface area contributed by atoms with E-state index in [4.69, 9.17) is 16.3 Å². The van der Waals surface area contributed by atoms with Crippen LogP contribution < -0.4 is 10.1 Å². The predicted octanol–water partition coefficient (Wildman–Crippen LogP) is 6.24. The van der Waals surface area contributed by atoms with E-state index in [9.17, 15) is 9.59 Å². The third kappa shape index (κ3) is 8.20. The van der Waals surface area contributed by atoms with Crippen molar-refractivity contribution >= 4 is 23.4 Å². The fourth-order valence-electron chi connectivity index (χ4n) is 4.46. The Morgan fingerprint density at radius 3 is 2.05 bits per heavy atom. The molecule has 0 bridgehead atoms. The molecule has 0 unspecified atom stereocenters. The lowest BCUT2D eigenvalue weighted by atomic mass is 10.0. The first-order valence-corrected chi connectivity index (χ1v) is 13.4. The maximum Gasteiger partial charge on any atom is 0.243 e. The molecule has 0 aliphatic heterocycles. The smallest absolute Gasteiger partial charge is 0.243 e. The Kier molecular flexibility index (Phi) is 10.1. The summed E-state index contributed by atoms with van der Waals surface area (Å²) in [4.78, 5) is 29.3. The van der Waals surface area contributed by atoms with Gasteiger partial charge in [0.1, 0.15) is 11.8 Å². The van der Waals surface area contributed by atoms with Gasteiger partial charge in [0.25, 0.3) is 0 Å². The number of carbonyl (C=O) groups excluding carboxylic acids is 2. The summed E-state index contributed by atoms with van der Waals surface area (Å²) in [6, 6.07) is 34.0. The van der Waals surface area contributed by atoms with Crippen molar-refractivity contribution in [3.05, 3.63) is 136 Å². The molecular weight excluding hydrogens is 508 g/mol. The van der Waals surface area contributed by atoms with Crippen LogP contribution in [-0.4, -0.2) is 29.9 Å². The number of benzene rings is 4. The first kappa shape index (κ1) is 27.9. The Morgan fingerprint density at radius 1 is 0.795 bits per heavy atom. The SMILES string of the molecule is COc1ccc(CN(C(=O)CCc2ccccc2)[C@@H](Cc2ccccc2)C(=O)NCc2ccccc2Cl)cc1. The number of aryl methyl sites for hydroxylation is 1. The standard InChI is InChI=1S/C33H33ClN2O3/c1-39-29-19-16-27(17-20-29)24-36(32(37)21-18-25-10-4-2-5-11-25)31(22-26-12-6-3-7-13-26)33(38)35-23-28-14-8-9-15-30(28)34/h2-17,19-20,31H,18,21-24H2,1H3,(H,35,38)/t31-/m0/s1. The molecule has 200 valence electrons. The molecule has 1 N–H and O–H groups in total.